The summed E-state index contributed by atoms with van der Waals surface area (Å²) in [6, 6.07) is 6.13. The van der Waals surface area contributed by atoms with Crippen LogP contribution >= 0.6 is 0 Å². The summed E-state index contributed by atoms with van der Waals surface area (Å²) in [6.45, 7) is 8.06. The molecule has 96 valence electrons. The van der Waals surface area contributed by atoms with Crippen LogP contribution in [0, 0.1) is 6.92 Å². The van der Waals surface area contributed by atoms with Gasteiger partial charge in [-0.1, -0.05) is 25.1 Å². The van der Waals surface area contributed by atoms with Gasteiger partial charge in [0.25, 0.3) is 0 Å². The van der Waals surface area contributed by atoms with Gasteiger partial charge in [0.2, 0.25) is 0 Å². The van der Waals surface area contributed by atoms with Gasteiger partial charge < -0.3 is 15.2 Å². The Hall–Kier alpha value is -1.06. The van der Waals surface area contributed by atoms with E-state index in [1.165, 1.54) is 0 Å². The predicted molar refractivity (Wildman–Crippen MR) is 70.4 cm³/mol. The summed E-state index contributed by atoms with van der Waals surface area (Å²) >= 11 is 0. The van der Waals surface area contributed by atoms with Crippen LogP contribution in [0.1, 0.15) is 31.4 Å². The molecule has 0 saturated carbocycles. The van der Waals surface area contributed by atoms with E-state index in [0.29, 0.717) is 6.61 Å². The molecular weight excluding hydrogens is 214 g/mol. The Balaban J connectivity index is 2.69. The summed E-state index contributed by atoms with van der Waals surface area (Å²) in [7, 11) is 0. The van der Waals surface area contributed by atoms with E-state index < -0.39 is 6.10 Å². The Kier molecular flexibility index (Phi) is 6.01. The Bertz CT molecular complexity index is 337. The Labute approximate surface area is 104 Å². The number of aliphatic hydroxyl groups excluding tert-OH is 1. The van der Waals surface area contributed by atoms with Crippen molar-refractivity contribution in [3.63, 3.8) is 0 Å². The van der Waals surface area contributed by atoms with Gasteiger partial charge in [-0.25, -0.2) is 0 Å². The van der Waals surface area contributed by atoms with Crippen LogP contribution in [0.2, 0.25) is 0 Å². The number of para-hydroxylation sites is 1. The van der Waals surface area contributed by atoms with E-state index in [2.05, 4.69) is 18.3 Å². The van der Waals surface area contributed by atoms with E-state index in [0.717, 1.165) is 36.4 Å². The van der Waals surface area contributed by atoms with E-state index in [1.54, 1.807) is 6.92 Å². The first-order valence-electron chi connectivity index (χ1n) is 6.25. The molecule has 0 spiro atoms. The van der Waals surface area contributed by atoms with Crippen LogP contribution < -0.4 is 10.1 Å². The number of nitrogens with one attached hydrogen (secondary N) is 1. The van der Waals surface area contributed by atoms with E-state index in [1.807, 2.05) is 19.1 Å². The van der Waals surface area contributed by atoms with Crippen LogP contribution in [0.3, 0.4) is 0 Å². The Morgan fingerprint density at radius 1 is 1.41 bits per heavy atom. The maximum absolute atomic E-state index is 9.27. The van der Waals surface area contributed by atoms with Crippen LogP contribution in [0.25, 0.3) is 0 Å². The molecule has 0 aliphatic carbocycles. The smallest absolute Gasteiger partial charge is 0.126 e. The monoisotopic (exact) mass is 237 g/mol. The van der Waals surface area contributed by atoms with E-state index in [-0.39, 0.29) is 0 Å². The van der Waals surface area contributed by atoms with E-state index in [4.69, 9.17) is 4.74 Å². The molecule has 0 bridgehead atoms. The van der Waals surface area contributed by atoms with Crippen LogP contribution in [0.5, 0.6) is 5.75 Å². The van der Waals surface area contributed by atoms with Gasteiger partial charge in [-0.05, 0) is 32.4 Å². The molecule has 0 saturated heterocycles. The lowest BCUT2D eigenvalue weighted by Crippen LogP contribution is -2.17. The highest BCUT2D eigenvalue weighted by atomic mass is 16.5. The van der Waals surface area contributed by atoms with E-state index >= 15 is 0 Å². The molecule has 0 heterocycles. The van der Waals surface area contributed by atoms with Gasteiger partial charge in [0.1, 0.15) is 12.4 Å². The Morgan fingerprint density at radius 3 is 2.82 bits per heavy atom. The molecule has 3 nitrogen and oxygen atoms in total. The summed E-state index contributed by atoms with van der Waals surface area (Å²) in [4.78, 5) is 0. The molecule has 1 aromatic carbocycles. The minimum absolute atomic E-state index is 0.339. The summed E-state index contributed by atoms with van der Waals surface area (Å²) < 4.78 is 5.67. The van der Waals surface area contributed by atoms with Crippen molar-refractivity contribution >= 4 is 0 Å². The zero-order valence-corrected chi connectivity index (χ0v) is 11.0. The second kappa shape index (κ2) is 7.30. The number of hydrogen-bond acceptors (Lipinski definition) is 3. The number of ether oxygens (including phenoxy) is 1. The molecule has 1 rings (SSSR count). The lowest BCUT2D eigenvalue weighted by molar-refractivity contribution is 0.121. The maximum atomic E-state index is 9.27. The topological polar surface area (TPSA) is 41.5 Å². The standard InChI is InChI=1S/C14H23NO2/c1-4-8-15-9-13-7-5-6-11(2)14(13)17-10-12(3)16/h5-7,12,15-16H,4,8-10H2,1-3H3. The van der Waals surface area contributed by atoms with Gasteiger partial charge >= 0.3 is 0 Å². The lowest BCUT2D eigenvalue weighted by atomic mass is 10.1. The molecule has 3 heteroatoms. The summed E-state index contributed by atoms with van der Waals surface area (Å²) in [5.41, 5.74) is 2.26. The zero-order chi connectivity index (χ0) is 12.7. The lowest BCUT2D eigenvalue weighted by Gasteiger charge is -2.15. The van der Waals surface area contributed by atoms with Crippen molar-refractivity contribution in [1.82, 2.24) is 5.32 Å². The highest BCUT2D eigenvalue weighted by molar-refractivity contribution is 5.40. The molecule has 0 aromatic heterocycles. The van der Waals surface area contributed by atoms with Crippen molar-refractivity contribution in [3.05, 3.63) is 29.3 Å². The molecule has 0 aliphatic rings. The van der Waals surface area contributed by atoms with Gasteiger partial charge in [0, 0.05) is 12.1 Å². The summed E-state index contributed by atoms with van der Waals surface area (Å²) in [5.74, 6) is 0.900. The number of aryl methyl sites for hydroxylation is 1. The SMILES string of the molecule is CCCNCc1cccc(C)c1OCC(C)O. The molecule has 0 amide bonds. The van der Waals surface area contributed by atoms with Crippen LogP contribution in [-0.4, -0.2) is 24.4 Å². The van der Waals surface area contributed by atoms with Crippen LogP contribution in [0.4, 0.5) is 0 Å². The van der Waals surface area contributed by atoms with Crippen molar-refractivity contribution in [2.24, 2.45) is 0 Å². The molecule has 1 atom stereocenters. The maximum Gasteiger partial charge on any atom is 0.126 e. The third-order valence-electron chi connectivity index (χ3n) is 2.50. The molecule has 1 unspecified atom stereocenters. The normalized spacial score (nSPS) is 12.5. The highest BCUT2D eigenvalue weighted by Crippen LogP contribution is 2.23. The molecule has 2 N–H and O–H groups in total. The molecule has 17 heavy (non-hydrogen) atoms. The number of benzene rings is 1. The number of rotatable bonds is 7. The minimum atomic E-state index is -0.439. The molecule has 0 radical (unpaired) electrons. The largest absolute Gasteiger partial charge is 0.490 e. The van der Waals surface area contributed by atoms with Gasteiger partial charge in [-0.15, -0.1) is 0 Å². The predicted octanol–water partition coefficient (Wildman–Crippen LogP) is 2.25. The molecule has 0 fully saturated rings. The third-order valence-corrected chi connectivity index (χ3v) is 2.50. The molecular formula is C14H23NO2. The van der Waals surface area contributed by atoms with Gasteiger partial charge in [0.15, 0.2) is 0 Å². The fourth-order valence-corrected chi connectivity index (χ4v) is 1.66. The third kappa shape index (κ3) is 4.75. The first kappa shape index (κ1) is 14.0. The number of aliphatic hydroxyl groups is 1. The van der Waals surface area contributed by atoms with Gasteiger partial charge in [0.05, 0.1) is 6.10 Å². The molecule has 1 aromatic rings. The Morgan fingerprint density at radius 2 is 2.18 bits per heavy atom. The summed E-state index contributed by atoms with van der Waals surface area (Å²) in [6.07, 6.45) is 0.682. The van der Waals surface area contributed by atoms with Crippen LogP contribution in [0.15, 0.2) is 18.2 Å². The fraction of sp³-hybridized carbons (Fsp3) is 0.571. The fourth-order valence-electron chi connectivity index (χ4n) is 1.66. The number of hydrogen-bond donors (Lipinski definition) is 2. The zero-order valence-electron chi connectivity index (χ0n) is 11.0. The molecule has 0 aliphatic heterocycles. The van der Waals surface area contributed by atoms with Crippen molar-refractivity contribution in [2.45, 2.75) is 39.8 Å². The minimum Gasteiger partial charge on any atom is -0.490 e. The van der Waals surface area contributed by atoms with Crippen LogP contribution in [-0.2, 0) is 6.54 Å². The highest BCUT2D eigenvalue weighted by Gasteiger charge is 2.07. The first-order chi connectivity index (χ1) is 8.15. The van der Waals surface area contributed by atoms with E-state index in [9.17, 15) is 5.11 Å². The average Bonchev–Trinajstić information content (AvgIpc) is 2.28. The second-order valence-corrected chi connectivity index (χ2v) is 4.40. The van der Waals surface area contributed by atoms with Gasteiger partial charge in [-0.3, -0.25) is 0 Å². The summed E-state index contributed by atoms with van der Waals surface area (Å²) in [5, 5.41) is 12.6. The van der Waals surface area contributed by atoms with Crippen molar-refractivity contribution < 1.29 is 9.84 Å². The quantitative estimate of drug-likeness (QED) is 0.715. The van der Waals surface area contributed by atoms with Crippen molar-refractivity contribution in [2.75, 3.05) is 13.2 Å². The average molecular weight is 237 g/mol. The first-order valence-corrected chi connectivity index (χ1v) is 6.25. The second-order valence-electron chi connectivity index (χ2n) is 4.40. The van der Waals surface area contributed by atoms with Crippen molar-refractivity contribution in [1.29, 1.82) is 0 Å². The van der Waals surface area contributed by atoms with Gasteiger partial charge in [-0.2, -0.15) is 0 Å². The van der Waals surface area contributed by atoms with Crippen molar-refractivity contribution in [3.8, 4) is 5.75 Å².